The molecule has 0 amide bonds. The molecule has 1 saturated heterocycles. The second-order valence-corrected chi connectivity index (χ2v) is 5.60. The van der Waals surface area contributed by atoms with Crippen molar-refractivity contribution in [1.82, 2.24) is 0 Å². The molecule has 0 radical (unpaired) electrons. The van der Waals surface area contributed by atoms with Crippen molar-refractivity contribution in [2.45, 2.75) is 32.2 Å². The molecule has 1 unspecified atom stereocenters. The smallest absolute Gasteiger partial charge is 0.159 e. The van der Waals surface area contributed by atoms with Gasteiger partial charge in [0.25, 0.3) is 0 Å². The van der Waals surface area contributed by atoms with Crippen molar-refractivity contribution in [2.75, 3.05) is 18.1 Å². The van der Waals surface area contributed by atoms with Gasteiger partial charge in [0.2, 0.25) is 0 Å². The molecule has 4 heteroatoms. The zero-order valence-electron chi connectivity index (χ0n) is 10.5. The van der Waals surface area contributed by atoms with Crippen LogP contribution in [0.25, 0.3) is 0 Å². The van der Waals surface area contributed by atoms with Gasteiger partial charge in [-0.2, -0.15) is 0 Å². The molecule has 1 aliphatic rings. The van der Waals surface area contributed by atoms with E-state index in [2.05, 4.69) is 20.8 Å². The molecule has 18 heavy (non-hydrogen) atoms. The van der Waals surface area contributed by atoms with Gasteiger partial charge in [-0.3, -0.25) is 4.79 Å². The number of anilines is 1. The van der Waals surface area contributed by atoms with Gasteiger partial charge in [0, 0.05) is 16.6 Å². The molecular weight excluding hydrogens is 294 g/mol. The van der Waals surface area contributed by atoms with E-state index in [-0.39, 0.29) is 18.4 Å². The summed E-state index contributed by atoms with van der Waals surface area (Å²) in [6, 6.07) is 5.87. The maximum absolute atomic E-state index is 11.3. The van der Waals surface area contributed by atoms with Gasteiger partial charge in [-0.1, -0.05) is 0 Å². The summed E-state index contributed by atoms with van der Waals surface area (Å²) in [6.45, 7) is 2.71. The number of rotatable bonds is 3. The SMILES string of the molecule is CC(=O)c1ccc(N2CCCCC2CO)c(Br)c1. The predicted molar refractivity (Wildman–Crippen MR) is 76.2 cm³/mol. The minimum Gasteiger partial charge on any atom is -0.394 e. The highest BCUT2D eigenvalue weighted by Gasteiger charge is 2.23. The molecule has 1 aliphatic heterocycles. The fourth-order valence-corrected chi connectivity index (χ4v) is 3.07. The first-order valence-corrected chi connectivity index (χ1v) is 7.10. The number of piperidine rings is 1. The molecule has 1 atom stereocenters. The maximum atomic E-state index is 11.3. The van der Waals surface area contributed by atoms with E-state index in [1.54, 1.807) is 6.92 Å². The van der Waals surface area contributed by atoms with Crippen LogP contribution in [-0.4, -0.2) is 30.1 Å². The van der Waals surface area contributed by atoms with Crippen molar-refractivity contribution in [2.24, 2.45) is 0 Å². The van der Waals surface area contributed by atoms with E-state index in [0.717, 1.165) is 29.5 Å². The molecule has 1 aromatic carbocycles. The largest absolute Gasteiger partial charge is 0.394 e. The van der Waals surface area contributed by atoms with E-state index < -0.39 is 0 Å². The minimum atomic E-state index is 0.0691. The second kappa shape index (κ2) is 5.85. The Kier molecular flexibility index (Phi) is 4.40. The lowest BCUT2D eigenvalue weighted by molar-refractivity contribution is 0.101. The lowest BCUT2D eigenvalue weighted by Crippen LogP contribution is -2.42. The van der Waals surface area contributed by atoms with Gasteiger partial charge < -0.3 is 10.0 Å². The third-order valence-electron chi connectivity index (χ3n) is 3.50. The Labute approximate surface area is 116 Å². The number of benzene rings is 1. The van der Waals surface area contributed by atoms with Gasteiger partial charge in [-0.25, -0.2) is 0 Å². The van der Waals surface area contributed by atoms with Crippen LogP contribution in [0.5, 0.6) is 0 Å². The number of carbonyl (C=O) groups is 1. The molecule has 98 valence electrons. The molecule has 1 N–H and O–H groups in total. The topological polar surface area (TPSA) is 40.5 Å². The van der Waals surface area contributed by atoms with Gasteiger partial charge in [0.05, 0.1) is 18.3 Å². The van der Waals surface area contributed by atoms with Crippen LogP contribution in [0.4, 0.5) is 5.69 Å². The molecule has 1 heterocycles. The first-order valence-electron chi connectivity index (χ1n) is 6.31. The highest BCUT2D eigenvalue weighted by atomic mass is 79.9. The van der Waals surface area contributed by atoms with E-state index in [1.807, 2.05) is 18.2 Å². The van der Waals surface area contributed by atoms with Crippen molar-refractivity contribution >= 4 is 27.4 Å². The van der Waals surface area contributed by atoms with E-state index in [1.165, 1.54) is 6.42 Å². The fourth-order valence-electron chi connectivity index (χ4n) is 2.47. The summed E-state index contributed by atoms with van der Waals surface area (Å²) >= 11 is 3.53. The van der Waals surface area contributed by atoms with Gasteiger partial charge in [0.15, 0.2) is 5.78 Å². The summed E-state index contributed by atoms with van der Waals surface area (Å²) < 4.78 is 0.926. The average Bonchev–Trinajstić information content (AvgIpc) is 2.38. The van der Waals surface area contributed by atoms with Crippen LogP contribution in [0.2, 0.25) is 0 Å². The van der Waals surface area contributed by atoms with E-state index in [9.17, 15) is 9.90 Å². The van der Waals surface area contributed by atoms with Crippen LogP contribution in [0, 0.1) is 0 Å². The molecule has 1 aromatic rings. The van der Waals surface area contributed by atoms with Crippen LogP contribution >= 0.6 is 15.9 Å². The Morgan fingerprint density at radius 2 is 2.28 bits per heavy atom. The molecule has 1 fully saturated rings. The number of nitrogens with zero attached hydrogens (tertiary/aromatic N) is 1. The molecule has 0 aliphatic carbocycles. The predicted octanol–water partition coefficient (Wildman–Crippen LogP) is 3.00. The lowest BCUT2D eigenvalue weighted by Gasteiger charge is -2.37. The molecule has 0 saturated carbocycles. The van der Waals surface area contributed by atoms with Gasteiger partial charge in [-0.15, -0.1) is 0 Å². The van der Waals surface area contributed by atoms with Crippen molar-refractivity contribution in [3.63, 3.8) is 0 Å². The van der Waals surface area contributed by atoms with E-state index in [4.69, 9.17) is 0 Å². The van der Waals surface area contributed by atoms with Crippen molar-refractivity contribution < 1.29 is 9.90 Å². The van der Waals surface area contributed by atoms with Gasteiger partial charge >= 0.3 is 0 Å². The van der Waals surface area contributed by atoms with Crippen LogP contribution in [0.15, 0.2) is 22.7 Å². The lowest BCUT2D eigenvalue weighted by atomic mass is 10.0. The fraction of sp³-hybridized carbons (Fsp3) is 0.500. The molecule has 3 nitrogen and oxygen atoms in total. The minimum absolute atomic E-state index is 0.0691. The number of carbonyl (C=O) groups excluding carboxylic acids is 1. The number of Topliss-reactive ketones (excluding diaryl/α,β-unsaturated/α-hetero) is 1. The summed E-state index contributed by atoms with van der Waals surface area (Å²) in [5, 5.41) is 9.45. The number of halogens is 1. The van der Waals surface area contributed by atoms with Crippen molar-refractivity contribution in [3.05, 3.63) is 28.2 Å². The van der Waals surface area contributed by atoms with Gasteiger partial charge in [0.1, 0.15) is 0 Å². The first-order chi connectivity index (χ1) is 8.63. The number of aliphatic hydroxyl groups is 1. The van der Waals surface area contributed by atoms with Crippen LogP contribution in [0.3, 0.4) is 0 Å². The quantitative estimate of drug-likeness (QED) is 0.872. The normalized spacial score (nSPS) is 19.9. The van der Waals surface area contributed by atoms with Crippen molar-refractivity contribution in [1.29, 1.82) is 0 Å². The maximum Gasteiger partial charge on any atom is 0.159 e. The number of aliphatic hydroxyl groups excluding tert-OH is 1. The highest BCUT2D eigenvalue weighted by molar-refractivity contribution is 9.10. The zero-order chi connectivity index (χ0) is 13.1. The van der Waals surface area contributed by atoms with Crippen molar-refractivity contribution in [3.8, 4) is 0 Å². The zero-order valence-corrected chi connectivity index (χ0v) is 12.1. The molecule has 2 rings (SSSR count). The number of ketones is 1. The summed E-state index contributed by atoms with van der Waals surface area (Å²) in [6.07, 6.45) is 3.35. The highest BCUT2D eigenvalue weighted by Crippen LogP contribution is 2.32. The number of hydrogen-bond donors (Lipinski definition) is 1. The monoisotopic (exact) mass is 311 g/mol. The summed E-state index contributed by atoms with van der Waals surface area (Å²) in [5.41, 5.74) is 1.78. The third kappa shape index (κ3) is 2.75. The second-order valence-electron chi connectivity index (χ2n) is 4.75. The first kappa shape index (κ1) is 13.6. The molecular formula is C14H18BrNO2. The third-order valence-corrected chi connectivity index (χ3v) is 4.14. The Hall–Kier alpha value is -0.870. The van der Waals surface area contributed by atoms with Crippen LogP contribution in [0.1, 0.15) is 36.5 Å². The Balaban J connectivity index is 2.29. The molecule has 0 aromatic heterocycles. The summed E-state index contributed by atoms with van der Waals surface area (Å²) in [7, 11) is 0. The van der Waals surface area contributed by atoms with E-state index in [0.29, 0.717) is 5.56 Å². The number of hydrogen-bond acceptors (Lipinski definition) is 3. The summed E-state index contributed by atoms with van der Waals surface area (Å²) in [4.78, 5) is 13.6. The summed E-state index contributed by atoms with van der Waals surface area (Å²) in [5.74, 6) is 0.0691. The molecule has 0 bridgehead atoms. The van der Waals surface area contributed by atoms with E-state index >= 15 is 0 Å². The van der Waals surface area contributed by atoms with Crippen LogP contribution < -0.4 is 4.90 Å². The standard InChI is InChI=1S/C14H18BrNO2/c1-10(18)11-5-6-14(13(15)8-11)16-7-3-2-4-12(16)9-17/h5-6,8,12,17H,2-4,7,9H2,1H3. The Morgan fingerprint density at radius 1 is 1.50 bits per heavy atom. The average molecular weight is 312 g/mol. The van der Waals surface area contributed by atoms with Gasteiger partial charge in [-0.05, 0) is 60.3 Å². The van der Waals surface area contributed by atoms with Crippen LogP contribution in [-0.2, 0) is 0 Å². The Bertz CT molecular complexity index is 447. The molecule has 0 spiro atoms. The Morgan fingerprint density at radius 3 is 2.89 bits per heavy atom.